The summed E-state index contributed by atoms with van der Waals surface area (Å²) in [5, 5.41) is 9.46. The average Bonchev–Trinajstić information content (AvgIpc) is 2.68. The number of likely N-dealkylation sites (N-methyl/N-ethyl adjacent to an activating group) is 1. The van der Waals surface area contributed by atoms with Crippen LogP contribution in [0.1, 0.15) is 19.8 Å². The number of piperidine rings is 1. The average molecular weight is 523 g/mol. The maximum absolute atomic E-state index is 12.9. The summed E-state index contributed by atoms with van der Waals surface area (Å²) in [7, 11) is 1.67. The molecule has 1 amide bonds. The first kappa shape index (κ1) is 25.0. The Morgan fingerprint density at radius 3 is 2.57 bits per heavy atom. The van der Waals surface area contributed by atoms with Crippen LogP contribution in [0.15, 0.2) is 34.2 Å². The normalized spacial score (nSPS) is 15.6. The number of aliphatic imine (C=N–C) groups is 1. The molecule has 1 aromatic carbocycles. The number of benzene rings is 1. The molecule has 1 heterocycles. The van der Waals surface area contributed by atoms with Gasteiger partial charge in [0.25, 0.3) is 0 Å². The third-order valence-electron chi connectivity index (χ3n) is 4.36. The second-order valence-corrected chi connectivity index (χ2v) is 7.60. The van der Waals surface area contributed by atoms with Crippen molar-refractivity contribution in [3.8, 4) is 0 Å². The molecular weight excluding hydrogens is 492 g/mol. The minimum absolute atomic E-state index is 0. The monoisotopic (exact) mass is 523 g/mol. The smallest absolute Gasteiger partial charge is 0.233 e. The zero-order valence-corrected chi connectivity index (χ0v) is 19.7. The molecule has 1 aliphatic rings. The van der Waals surface area contributed by atoms with Crippen LogP contribution in [-0.2, 0) is 4.79 Å². The molecule has 1 aliphatic heterocycles. The Kier molecular flexibility index (Phi) is 12.5. The Morgan fingerprint density at radius 2 is 1.96 bits per heavy atom. The van der Waals surface area contributed by atoms with Crippen LogP contribution < -0.4 is 16.0 Å². The van der Waals surface area contributed by atoms with Gasteiger partial charge >= 0.3 is 0 Å². The Hall–Kier alpha value is -1.07. The van der Waals surface area contributed by atoms with Gasteiger partial charge in [-0.2, -0.15) is 0 Å². The highest BCUT2D eigenvalue weighted by Gasteiger charge is 2.21. The van der Waals surface area contributed by atoms with Crippen molar-refractivity contribution in [3.63, 3.8) is 0 Å². The predicted octanol–water partition coefficient (Wildman–Crippen LogP) is 2.30. The summed E-state index contributed by atoms with van der Waals surface area (Å²) in [5.74, 6) is 1.53. The summed E-state index contributed by atoms with van der Waals surface area (Å²) in [6.45, 7) is 5.84. The molecule has 1 saturated heterocycles. The molecule has 0 bridgehead atoms. The number of likely N-dealkylation sites (tertiary alicyclic amines) is 1. The Balaban J connectivity index is 0.00000392. The Bertz CT molecular complexity index is 609. The zero-order chi connectivity index (χ0) is 19.5. The van der Waals surface area contributed by atoms with Crippen LogP contribution >= 0.6 is 35.7 Å². The van der Waals surface area contributed by atoms with Crippen LogP contribution in [0.5, 0.6) is 0 Å². The topological polar surface area (TPSA) is 68.8 Å². The van der Waals surface area contributed by atoms with Crippen molar-refractivity contribution in [2.75, 3.05) is 45.5 Å². The van der Waals surface area contributed by atoms with Crippen LogP contribution in [-0.4, -0.2) is 68.3 Å². The molecule has 6 nitrogen and oxygen atoms in total. The third-order valence-corrected chi connectivity index (χ3v) is 5.35. The van der Waals surface area contributed by atoms with E-state index in [-0.39, 0.29) is 35.7 Å². The van der Waals surface area contributed by atoms with Gasteiger partial charge in [-0.1, -0.05) is 0 Å². The van der Waals surface area contributed by atoms with E-state index in [2.05, 4.69) is 32.8 Å². The summed E-state index contributed by atoms with van der Waals surface area (Å²) in [6, 6.07) is 6.91. The maximum atomic E-state index is 12.9. The van der Waals surface area contributed by atoms with E-state index < -0.39 is 0 Å². The summed E-state index contributed by atoms with van der Waals surface area (Å²) in [6.07, 6.45) is 1.98. The van der Waals surface area contributed by atoms with E-state index in [1.165, 1.54) is 12.1 Å². The highest BCUT2D eigenvalue weighted by atomic mass is 127. The third kappa shape index (κ3) is 9.42. The van der Waals surface area contributed by atoms with E-state index in [1.807, 2.05) is 0 Å². The highest BCUT2D eigenvalue weighted by Crippen LogP contribution is 2.17. The van der Waals surface area contributed by atoms with E-state index in [0.717, 1.165) is 49.1 Å². The molecule has 9 heteroatoms. The minimum Gasteiger partial charge on any atom is -0.358 e. The molecule has 0 atom stereocenters. The van der Waals surface area contributed by atoms with Crippen molar-refractivity contribution in [2.24, 2.45) is 4.99 Å². The van der Waals surface area contributed by atoms with Gasteiger partial charge in [-0.25, -0.2) is 4.39 Å². The van der Waals surface area contributed by atoms with Crippen molar-refractivity contribution in [2.45, 2.75) is 30.7 Å². The van der Waals surface area contributed by atoms with E-state index in [4.69, 9.17) is 0 Å². The fraction of sp³-hybridized carbons (Fsp3) is 0.579. The van der Waals surface area contributed by atoms with Crippen LogP contribution in [0.25, 0.3) is 0 Å². The van der Waals surface area contributed by atoms with E-state index in [0.29, 0.717) is 19.1 Å². The van der Waals surface area contributed by atoms with Crippen molar-refractivity contribution in [1.29, 1.82) is 0 Å². The molecule has 1 fully saturated rings. The summed E-state index contributed by atoms with van der Waals surface area (Å²) in [4.78, 5) is 19.3. The summed E-state index contributed by atoms with van der Waals surface area (Å²) < 4.78 is 12.9. The van der Waals surface area contributed by atoms with Gasteiger partial charge in [-0.15, -0.1) is 35.7 Å². The zero-order valence-electron chi connectivity index (χ0n) is 16.5. The number of nitrogens with one attached hydrogen (secondary N) is 3. The predicted molar refractivity (Wildman–Crippen MR) is 125 cm³/mol. The molecule has 0 saturated carbocycles. The molecule has 0 spiro atoms. The van der Waals surface area contributed by atoms with Gasteiger partial charge in [-0.05, 0) is 44.0 Å². The number of nitrogens with zero attached hydrogens (tertiary/aromatic N) is 2. The molecule has 1 aromatic rings. The number of amides is 1. The van der Waals surface area contributed by atoms with Gasteiger partial charge in [0.1, 0.15) is 5.82 Å². The van der Waals surface area contributed by atoms with Crippen LogP contribution in [0, 0.1) is 5.82 Å². The van der Waals surface area contributed by atoms with E-state index in [9.17, 15) is 9.18 Å². The lowest BCUT2D eigenvalue weighted by atomic mass is 10.1. The van der Waals surface area contributed by atoms with Gasteiger partial charge in [-0.3, -0.25) is 14.7 Å². The first-order valence-electron chi connectivity index (χ1n) is 9.47. The number of thioether (sulfide) groups is 1. The number of hydrogen-bond donors (Lipinski definition) is 3. The molecule has 2 rings (SSSR count). The molecule has 0 radical (unpaired) electrons. The van der Waals surface area contributed by atoms with Gasteiger partial charge in [0.15, 0.2) is 5.96 Å². The standard InChI is InChI=1S/C19H30FN5OS.HI/c1-3-22-19(23-10-13-27-17-6-4-15(20)5-7-17)24-16-8-11-25(12-9-16)14-18(26)21-2;/h4-7,16H,3,8-14H2,1-2H3,(H,21,26)(H2,22,23,24);1H. The molecule has 158 valence electrons. The van der Waals surface area contributed by atoms with Gasteiger partial charge in [0.2, 0.25) is 5.91 Å². The maximum Gasteiger partial charge on any atom is 0.233 e. The fourth-order valence-corrected chi connectivity index (χ4v) is 3.63. The van der Waals surface area contributed by atoms with Crippen molar-refractivity contribution in [3.05, 3.63) is 30.1 Å². The largest absolute Gasteiger partial charge is 0.358 e. The van der Waals surface area contributed by atoms with Crippen molar-refractivity contribution >= 4 is 47.6 Å². The summed E-state index contributed by atoms with van der Waals surface area (Å²) >= 11 is 1.67. The second kappa shape index (κ2) is 14.0. The first-order chi connectivity index (χ1) is 13.1. The number of guanidine groups is 1. The van der Waals surface area contributed by atoms with Crippen molar-refractivity contribution < 1.29 is 9.18 Å². The highest BCUT2D eigenvalue weighted by molar-refractivity contribution is 14.0. The van der Waals surface area contributed by atoms with E-state index >= 15 is 0 Å². The quantitative estimate of drug-likeness (QED) is 0.161. The van der Waals surface area contributed by atoms with Gasteiger partial charge < -0.3 is 16.0 Å². The number of rotatable bonds is 8. The lowest BCUT2D eigenvalue weighted by Crippen LogP contribution is -2.50. The minimum atomic E-state index is -0.211. The van der Waals surface area contributed by atoms with Crippen LogP contribution in [0.2, 0.25) is 0 Å². The molecule has 0 aliphatic carbocycles. The number of hydrogen-bond acceptors (Lipinski definition) is 4. The molecular formula is C19H31FIN5OS. The number of carbonyl (C=O) groups is 1. The van der Waals surface area contributed by atoms with E-state index in [1.54, 1.807) is 30.9 Å². The van der Waals surface area contributed by atoms with Crippen molar-refractivity contribution in [1.82, 2.24) is 20.9 Å². The fourth-order valence-electron chi connectivity index (χ4n) is 2.88. The second-order valence-electron chi connectivity index (χ2n) is 6.43. The van der Waals surface area contributed by atoms with Gasteiger partial charge in [0.05, 0.1) is 13.1 Å². The van der Waals surface area contributed by atoms with Crippen LogP contribution in [0.3, 0.4) is 0 Å². The first-order valence-corrected chi connectivity index (χ1v) is 10.5. The Labute approximate surface area is 188 Å². The summed E-state index contributed by atoms with van der Waals surface area (Å²) in [5.41, 5.74) is 0. The number of halogens is 2. The Morgan fingerprint density at radius 1 is 1.29 bits per heavy atom. The molecule has 0 aromatic heterocycles. The van der Waals surface area contributed by atoms with Crippen LogP contribution in [0.4, 0.5) is 4.39 Å². The SMILES string of the molecule is CCNC(=NCCSc1ccc(F)cc1)NC1CCN(CC(=O)NC)CC1.I. The van der Waals surface area contributed by atoms with Gasteiger partial charge in [0, 0.05) is 43.4 Å². The lowest BCUT2D eigenvalue weighted by Gasteiger charge is -2.32. The number of carbonyl (C=O) groups excluding carboxylic acids is 1. The molecule has 0 unspecified atom stereocenters. The molecule has 28 heavy (non-hydrogen) atoms. The molecule has 3 N–H and O–H groups in total. The lowest BCUT2D eigenvalue weighted by molar-refractivity contribution is -0.122.